The van der Waals surface area contributed by atoms with Gasteiger partial charge in [0, 0.05) is 17.6 Å². The quantitative estimate of drug-likeness (QED) is 0.734. The molecule has 20 heavy (non-hydrogen) atoms. The van der Waals surface area contributed by atoms with E-state index in [0.717, 1.165) is 9.80 Å². The molecule has 0 fully saturated rings. The van der Waals surface area contributed by atoms with Gasteiger partial charge in [-0.25, -0.2) is 9.59 Å². The second-order valence-electron chi connectivity index (χ2n) is 6.72. The molecule has 7 nitrogen and oxygen atoms in total. The number of aliphatic hydroxyl groups excluding tert-OH is 1. The molecule has 0 unspecified atom stereocenters. The maximum atomic E-state index is 11.4. The molecule has 7 heteroatoms. The number of carbonyl (C=O) groups is 2. The summed E-state index contributed by atoms with van der Waals surface area (Å²) in [6.45, 7) is 9.74. The number of carboxylic acid groups (broad SMARTS) is 2. The third kappa shape index (κ3) is 4.88. The molecule has 0 bridgehead atoms. The van der Waals surface area contributed by atoms with E-state index in [1.54, 1.807) is 41.5 Å². The fraction of sp³-hybridized carbons (Fsp3) is 0.846. The second-order valence-corrected chi connectivity index (χ2v) is 6.72. The van der Waals surface area contributed by atoms with Crippen LogP contribution >= 0.6 is 0 Å². The molecule has 3 N–H and O–H groups in total. The van der Waals surface area contributed by atoms with E-state index >= 15 is 0 Å². The molecule has 0 rings (SSSR count). The topological polar surface area (TPSA) is 101 Å². The standard InChI is InChI=1S/C13H26N2O5/c1-12(2,3)14(10(17)18)7-9(8-16)15(11(19)20)13(4,5)6/h9,16H,7-8H2,1-6H3,(H,17,18)(H,19,20)/t9-/m0/s1. The maximum Gasteiger partial charge on any atom is 0.408 e. The lowest BCUT2D eigenvalue weighted by Gasteiger charge is -2.43. The third-order valence-corrected chi connectivity index (χ3v) is 2.94. The molecule has 0 aromatic heterocycles. The summed E-state index contributed by atoms with van der Waals surface area (Å²) in [7, 11) is 0. The SMILES string of the molecule is CC(C)(C)N(C[C@@H](CO)N(C(=O)O)C(C)(C)C)C(=O)O. The van der Waals surface area contributed by atoms with Gasteiger partial charge in [-0.15, -0.1) is 0 Å². The van der Waals surface area contributed by atoms with E-state index in [4.69, 9.17) is 0 Å². The number of hydrogen-bond donors (Lipinski definition) is 3. The smallest absolute Gasteiger partial charge is 0.408 e. The Bertz CT molecular complexity index is 357. The molecule has 0 aliphatic heterocycles. The number of rotatable bonds is 4. The lowest BCUT2D eigenvalue weighted by molar-refractivity contribution is 0.0160. The minimum atomic E-state index is -1.18. The van der Waals surface area contributed by atoms with Gasteiger partial charge in [0.1, 0.15) is 0 Å². The van der Waals surface area contributed by atoms with Crippen molar-refractivity contribution < 1.29 is 24.9 Å². The van der Waals surface area contributed by atoms with Crippen LogP contribution < -0.4 is 0 Å². The van der Waals surface area contributed by atoms with E-state index in [-0.39, 0.29) is 6.54 Å². The van der Waals surface area contributed by atoms with Crippen molar-refractivity contribution in [3.8, 4) is 0 Å². The zero-order valence-corrected chi connectivity index (χ0v) is 13.0. The van der Waals surface area contributed by atoms with Crippen molar-refractivity contribution in [2.45, 2.75) is 58.7 Å². The maximum absolute atomic E-state index is 11.4. The number of amides is 2. The fourth-order valence-electron chi connectivity index (χ4n) is 2.06. The Hall–Kier alpha value is -1.50. The fourth-order valence-corrected chi connectivity index (χ4v) is 2.06. The molecule has 0 aromatic carbocycles. The lowest BCUT2D eigenvalue weighted by atomic mass is 10.0. The van der Waals surface area contributed by atoms with E-state index in [1.165, 1.54) is 0 Å². The van der Waals surface area contributed by atoms with E-state index < -0.39 is 35.9 Å². The molecule has 2 amide bonds. The molecular weight excluding hydrogens is 264 g/mol. The number of hydrogen-bond acceptors (Lipinski definition) is 3. The number of nitrogens with zero attached hydrogens (tertiary/aromatic N) is 2. The summed E-state index contributed by atoms with van der Waals surface area (Å²) in [5.74, 6) is 0. The van der Waals surface area contributed by atoms with Crippen molar-refractivity contribution in [1.82, 2.24) is 9.80 Å². The summed E-state index contributed by atoms with van der Waals surface area (Å²) in [5, 5.41) is 28.0. The van der Waals surface area contributed by atoms with Crippen molar-refractivity contribution in [2.75, 3.05) is 13.2 Å². The lowest BCUT2D eigenvalue weighted by Crippen LogP contribution is -2.59. The summed E-state index contributed by atoms with van der Waals surface area (Å²) >= 11 is 0. The van der Waals surface area contributed by atoms with Crippen LogP contribution in [0.1, 0.15) is 41.5 Å². The largest absolute Gasteiger partial charge is 0.465 e. The van der Waals surface area contributed by atoms with Gasteiger partial charge in [0.05, 0.1) is 12.6 Å². The Morgan fingerprint density at radius 2 is 1.40 bits per heavy atom. The Labute approximate surface area is 119 Å². The van der Waals surface area contributed by atoms with Crippen molar-refractivity contribution in [3.05, 3.63) is 0 Å². The van der Waals surface area contributed by atoms with Gasteiger partial charge in [-0.3, -0.25) is 4.90 Å². The van der Waals surface area contributed by atoms with Crippen LogP contribution in [-0.4, -0.2) is 67.6 Å². The average molecular weight is 290 g/mol. The monoisotopic (exact) mass is 290 g/mol. The van der Waals surface area contributed by atoms with Crippen LogP contribution in [0.5, 0.6) is 0 Å². The summed E-state index contributed by atoms with van der Waals surface area (Å²) in [5.41, 5.74) is -1.41. The minimum Gasteiger partial charge on any atom is -0.465 e. The van der Waals surface area contributed by atoms with Crippen molar-refractivity contribution >= 4 is 12.2 Å². The predicted octanol–water partition coefficient (Wildman–Crippen LogP) is 1.90. The summed E-state index contributed by atoms with van der Waals surface area (Å²) in [6, 6.07) is -0.817. The Morgan fingerprint density at radius 1 is 0.950 bits per heavy atom. The van der Waals surface area contributed by atoms with E-state index in [1.807, 2.05) is 0 Å². The highest BCUT2D eigenvalue weighted by Crippen LogP contribution is 2.21. The Kier molecular flexibility index (Phi) is 5.83. The van der Waals surface area contributed by atoms with Crippen LogP contribution in [0.15, 0.2) is 0 Å². The van der Waals surface area contributed by atoms with Crippen LogP contribution in [0.4, 0.5) is 9.59 Å². The summed E-state index contributed by atoms with van der Waals surface area (Å²) in [4.78, 5) is 24.9. The molecular formula is C13H26N2O5. The van der Waals surface area contributed by atoms with Crippen LogP contribution in [0.25, 0.3) is 0 Å². The first-order chi connectivity index (χ1) is 8.82. The third-order valence-electron chi connectivity index (χ3n) is 2.94. The Morgan fingerprint density at radius 3 is 1.60 bits per heavy atom. The van der Waals surface area contributed by atoms with E-state index in [0.29, 0.717) is 0 Å². The van der Waals surface area contributed by atoms with Crippen LogP contribution in [0.2, 0.25) is 0 Å². The zero-order chi connectivity index (χ0) is 16.3. The second kappa shape index (κ2) is 6.30. The van der Waals surface area contributed by atoms with Gasteiger partial charge in [0.15, 0.2) is 0 Å². The molecule has 118 valence electrons. The van der Waals surface area contributed by atoms with Crippen LogP contribution in [0.3, 0.4) is 0 Å². The molecule has 0 aromatic rings. The number of aliphatic hydroxyl groups is 1. The minimum absolute atomic E-state index is 0.0844. The van der Waals surface area contributed by atoms with E-state index in [2.05, 4.69) is 0 Å². The normalized spacial score (nSPS) is 13.8. The molecule has 1 atom stereocenters. The Balaban J connectivity index is 5.36. The van der Waals surface area contributed by atoms with Gasteiger partial charge >= 0.3 is 12.2 Å². The molecule has 0 aliphatic carbocycles. The summed E-state index contributed by atoms with van der Waals surface area (Å²) in [6.07, 6.45) is -2.33. The molecule has 0 heterocycles. The first kappa shape index (κ1) is 18.5. The highest BCUT2D eigenvalue weighted by Gasteiger charge is 2.37. The van der Waals surface area contributed by atoms with Crippen molar-refractivity contribution in [1.29, 1.82) is 0 Å². The molecule has 0 aliphatic rings. The first-order valence-electron chi connectivity index (χ1n) is 6.46. The molecule has 0 saturated carbocycles. The van der Waals surface area contributed by atoms with Gasteiger partial charge in [-0.2, -0.15) is 0 Å². The van der Waals surface area contributed by atoms with E-state index in [9.17, 15) is 24.9 Å². The van der Waals surface area contributed by atoms with Gasteiger partial charge < -0.3 is 20.2 Å². The van der Waals surface area contributed by atoms with Gasteiger partial charge in [0.25, 0.3) is 0 Å². The van der Waals surface area contributed by atoms with Crippen molar-refractivity contribution in [3.63, 3.8) is 0 Å². The van der Waals surface area contributed by atoms with Gasteiger partial charge in [-0.05, 0) is 41.5 Å². The highest BCUT2D eigenvalue weighted by molar-refractivity contribution is 5.68. The predicted molar refractivity (Wildman–Crippen MR) is 75.0 cm³/mol. The highest BCUT2D eigenvalue weighted by atomic mass is 16.4. The molecule has 0 spiro atoms. The van der Waals surface area contributed by atoms with Crippen LogP contribution in [-0.2, 0) is 0 Å². The molecule has 0 radical (unpaired) electrons. The van der Waals surface area contributed by atoms with Gasteiger partial charge in [-0.1, -0.05) is 0 Å². The van der Waals surface area contributed by atoms with Crippen LogP contribution in [0, 0.1) is 0 Å². The average Bonchev–Trinajstić information content (AvgIpc) is 2.18. The summed E-state index contributed by atoms with van der Waals surface area (Å²) < 4.78 is 0. The zero-order valence-electron chi connectivity index (χ0n) is 13.0. The first-order valence-corrected chi connectivity index (χ1v) is 6.46. The van der Waals surface area contributed by atoms with Crippen molar-refractivity contribution in [2.24, 2.45) is 0 Å². The van der Waals surface area contributed by atoms with Gasteiger partial charge in [0.2, 0.25) is 0 Å². The molecule has 0 saturated heterocycles.